The Kier molecular flexibility index (Phi) is 5.63. The van der Waals surface area contributed by atoms with Gasteiger partial charge in [-0.1, -0.05) is 41.1 Å². The van der Waals surface area contributed by atoms with E-state index in [9.17, 15) is 4.79 Å². The summed E-state index contributed by atoms with van der Waals surface area (Å²) < 4.78 is 10.8. The quantitative estimate of drug-likeness (QED) is 0.654. The second-order valence-electron chi connectivity index (χ2n) is 6.05. The van der Waals surface area contributed by atoms with Gasteiger partial charge in [-0.3, -0.25) is 4.79 Å². The molecule has 0 aliphatic rings. The number of likely N-dealkylation sites (N-methyl/N-ethyl adjacent to an activating group) is 1. The zero-order valence-corrected chi connectivity index (χ0v) is 14.9. The summed E-state index contributed by atoms with van der Waals surface area (Å²) in [5.74, 6) is 1.64. The Morgan fingerprint density at radius 3 is 2.58 bits per heavy atom. The van der Waals surface area contributed by atoms with E-state index < -0.39 is 0 Å². The Balaban J connectivity index is 1.49. The van der Waals surface area contributed by atoms with Gasteiger partial charge in [0.1, 0.15) is 5.75 Å². The van der Waals surface area contributed by atoms with E-state index in [1.807, 2.05) is 61.5 Å². The van der Waals surface area contributed by atoms with Crippen molar-refractivity contribution in [2.45, 2.75) is 13.3 Å². The van der Waals surface area contributed by atoms with Gasteiger partial charge >= 0.3 is 0 Å². The molecule has 6 heteroatoms. The molecule has 0 N–H and O–H groups in total. The van der Waals surface area contributed by atoms with Crippen LogP contribution in [0, 0.1) is 6.92 Å². The first kappa shape index (κ1) is 17.7. The van der Waals surface area contributed by atoms with Crippen molar-refractivity contribution in [3.8, 4) is 17.2 Å². The first-order valence-corrected chi connectivity index (χ1v) is 8.43. The molecule has 3 rings (SSSR count). The minimum atomic E-state index is -0.101. The maximum absolute atomic E-state index is 12.1. The Morgan fingerprint density at radius 2 is 1.85 bits per heavy atom. The van der Waals surface area contributed by atoms with Crippen molar-refractivity contribution in [3.63, 3.8) is 0 Å². The monoisotopic (exact) mass is 351 g/mol. The van der Waals surface area contributed by atoms with Crippen LogP contribution in [0.2, 0.25) is 0 Å². The van der Waals surface area contributed by atoms with E-state index in [2.05, 4.69) is 10.1 Å². The molecule has 0 fully saturated rings. The van der Waals surface area contributed by atoms with Gasteiger partial charge in [-0.25, -0.2) is 0 Å². The van der Waals surface area contributed by atoms with Crippen molar-refractivity contribution in [2.75, 3.05) is 20.2 Å². The normalized spacial score (nSPS) is 10.5. The lowest BCUT2D eigenvalue weighted by Gasteiger charge is -2.16. The fourth-order valence-corrected chi connectivity index (χ4v) is 2.33. The van der Waals surface area contributed by atoms with Crippen molar-refractivity contribution in [1.29, 1.82) is 0 Å². The van der Waals surface area contributed by atoms with Crippen molar-refractivity contribution < 1.29 is 14.1 Å². The predicted octanol–water partition coefficient (Wildman–Crippen LogP) is 3.12. The number of aryl methyl sites for hydroxylation is 1. The maximum atomic E-state index is 12.1. The van der Waals surface area contributed by atoms with Gasteiger partial charge in [-0.05, 0) is 31.2 Å². The number of hydrogen-bond acceptors (Lipinski definition) is 5. The van der Waals surface area contributed by atoms with Gasteiger partial charge in [0.2, 0.25) is 0 Å². The molecule has 0 unspecified atom stereocenters. The number of hydrogen-bond donors (Lipinski definition) is 0. The largest absolute Gasteiger partial charge is 0.484 e. The number of rotatable bonds is 7. The Morgan fingerprint density at radius 1 is 1.12 bits per heavy atom. The van der Waals surface area contributed by atoms with E-state index in [-0.39, 0.29) is 12.5 Å². The third kappa shape index (κ3) is 4.69. The minimum Gasteiger partial charge on any atom is -0.484 e. The van der Waals surface area contributed by atoms with Gasteiger partial charge in [0.05, 0.1) is 0 Å². The molecule has 6 nitrogen and oxygen atoms in total. The fourth-order valence-electron chi connectivity index (χ4n) is 2.33. The van der Waals surface area contributed by atoms with Crippen LogP contribution in [0.25, 0.3) is 11.5 Å². The smallest absolute Gasteiger partial charge is 0.260 e. The van der Waals surface area contributed by atoms with E-state index in [1.165, 1.54) is 5.56 Å². The number of aromatic nitrogens is 2. The van der Waals surface area contributed by atoms with Crippen molar-refractivity contribution in [2.24, 2.45) is 0 Å². The van der Waals surface area contributed by atoms with Crippen molar-refractivity contribution in [3.05, 3.63) is 66.0 Å². The number of ether oxygens (including phenoxy) is 1. The third-order valence-corrected chi connectivity index (χ3v) is 3.97. The molecule has 0 atom stereocenters. The third-order valence-electron chi connectivity index (χ3n) is 3.97. The molecule has 1 heterocycles. The first-order chi connectivity index (χ1) is 12.6. The topological polar surface area (TPSA) is 68.5 Å². The maximum Gasteiger partial charge on any atom is 0.260 e. The molecule has 0 saturated carbocycles. The summed E-state index contributed by atoms with van der Waals surface area (Å²) in [4.78, 5) is 18.1. The highest BCUT2D eigenvalue weighted by Gasteiger charge is 2.13. The number of carbonyl (C=O) groups excluding carboxylic acids is 1. The number of carbonyl (C=O) groups is 1. The SMILES string of the molecule is Cc1ccc(-c2nc(CCN(C)C(=O)COc3ccccc3)no2)cc1. The van der Waals surface area contributed by atoms with E-state index >= 15 is 0 Å². The van der Waals surface area contributed by atoms with Crippen LogP contribution in [0.5, 0.6) is 5.75 Å². The van der Waals surface area contributed by atoms with Crippen LogP contribution in [0.1, 0.15) is 11.4 Å². The molecule has 0 aliphatic carbocycles. The van der Waals surface area contributed by atoms with Crippen molar-refractivity contribution in [1.82, 2.24) is 15.0 Å². The van der Waals surface area contributed by atoms with Gasteiger partial charge in [0.25, 0.3) is 11.8 Å². The second kappa shape index (κ2) is 8.29. The summed E-state index contributed by atoms with van der Waals surface area (Å²) in [5.41, 5.74) is 2.06. The molecule has 3 aromatic rings. The highest BCUT2D eigenvalue weighted by Crippen LogP contribution is 2.17. The van der Waals surface area contributed by atoms with Gasteiger partial charge in [0, 0.05) is 25.6 Å². The van der Waals surface area contributed by atoms with Gasteiger partial charge in [-0.15, -0.1) is 0 Å². The molecule has 0 spiro atoms. The molecule has 1 amide bonds. The van der Waals surface area contributed by atoms with Crippen LogP contribution in [0.3, 0.4) is 0 Å². The first-order valence-electron chi connectivity index (χ1n) is 8.43. The van der Waals surface area contributed by atoms with Gasteiger partial charge in [-0.2, -0.15) is 4.98 Å². The molecule has 2 aromatic carbocycles. The molecule has 0 radical (unpaired) electrons. The number of benzene rings is 2. The van der Waals surface area contributed by atoms with E-state index in [1.54, 1.807) is 11.9 Å². The van der Waals surface area contributed by atoms with E-state index in [0.717, 1.165) is 5.56 Å². The summed E-state index contributed by atoms with van der Waals surface area (Å²) in [6.07, 6.45) is 0.517. The molecule has 26 heavy (non-hydrogen) atoms. The summed E-state index contributed by atoms with van der Waals surface area (Å²) in [7, 11) is 1.73. The number of nitrogens with zero attached hydrogens (tertiary/aromatic N) is 3. The summed E-state index contributed by atoms with van der Waals surface area (Å²) in [6.45, 7) is 2.52. The Bertz CT molecular complexity index is 844. The molecule has 0 bridgehead atoms. The predicted molar refractivity (Wildman–Crippen MR) is 97.7 cm³/mol. The minimum absolute atomic E-state index is 0.00136. The van der Waals surface area contributed by atoms with E-state index in [0.29, 0.717) is 30.4 Å². The Labute approximate surface area is 152 Å². The average Bonchev–Trinajstić information content (AvgIpc) is 3.14. The highest BCUT2D eigenvalue weighted by atomic mass is 16.5. The lowest BCUT2D eigenvalue weighted by atomic mass is 10.1. The Hall–Kier alpha value is -3.15. The number of amides is 1. The van der Waals surface area contributed by atoms with Crippen LogP contribution < -0.4 is 4.74 Å². The zero-order valence-electron chi connectivity index (χ0n) is 14.9. The lowest BCUT2D eigenvalue weighted by Crippen LogP contribution is -2.33. The van der Waals surface area contributed by atoms with E-state index in [4.69, 9.17) is 9.26 Å². The lowest BCUT2D eigenvalue weighted by molar-refractivity contribution is -0.132. The van der Waals surface area contributed by atoms with Crippen LogP contribution in [0.4, 0.5) is 0 Å². The average molecular weight is 351 g/mol. The van der Waals surface area contributed by atoms with Crippen LogP contribution in [-0.4, -0.2) is 41.1 Å². The summed E-state index contributed by atoms with van der Waals surface area (Å²) in [5, 5.41) is 3.98. The van der Waals surface area contributed by atoms with Crippen LogP contribution in [-0.2, 0) is 11.2 Å². The second-order valence-corrected chi connectivity index (χ2v) is 6.05. The zero-order chi connectivity index (χ0) is 18.4. The molecular weight excluding hydrogens is 330 g/mol. The fraction of sp³-hybridized carbons (Fsp3) is 0.250. The van der Waals surface area contributed by atoms with Crippen LogP contribution in [0.15, 0.2) is 59.1 Å². The van der Waals surface area contributed by atoms with Crippen LogP contribution >= 0.6 is 0 Å². The molecule has 1 aromatic heterocycles. The summed E-state index contributed by atoms with van der Waals surface area (Å²) in [6, 6.07) is 17.2. The summed E-state index contributed by atoms with van der Waals surface area (Å²) >= 11 is 0. The highest BCUT2D eigenvalue weighted by molar-refractivity contribution is 5.77. The molecule has 0 saturated heterocycles. The van der Waals surface area contributed by atoms with Gasteiger partial charge < -0.3 is 14.2 Å². The standard InChI is InChI=1S/C20H21N3O3/c1-15-8-10-16(11-9-15)20-21-18(22-26-20)12-13-23(2)19(24)14-25-17-6-4-3-5-7-17/h3-11H,12-14H2,1-2H3. The van der Waals surface area contributed by atoms with Gasteiger partial charge in [0.15, 0.2) is 12.4 Å². The molecular formula is C20H21N3O3. The number of para-hydroxylation sites is 1. The molecule has 134 valence electrons. The molecule has 0 aliphatic heterocycles. The van der Waals surface area contributed by atoms with Crippen molar-refractivity contribution >= 4 is 5.91 Å².